The molecule has 2 rings (SSSR count). The molecule has 1 fully saturated rings. The standard InChI is InChI=1S/C11H19N5O2S/c1-8-5-12-9(2)13-11(8)16-6-10(7-16)14-19(17,18)15(3)4/h5,10,14H,6-7H2,1-4H3. The minimum Gasteiger partial charge on any atom is -0.353 e. The summed E-state index contributed by atoms with van der Waals surface area (Å²) in [5.74, 6) is 1.60. The van der Waals surface area contributed by atoms with Gasteiger partial charge in [0, 0.05) is 38.9 Å². The zero-order valence-corrected chi connectivity index (χ0v) is 12.4. The van der Waals surface area contributed by atoms with Crippen LogP contribution in [0.3, 0.4) is 0 Å². The average Bonchev–Trinajstić information content (AvgIpc) is 2.26. The molecule has 0 radical (unpaired) electrons. The Morgan fingerprint density at radius 1 is 1.37 bits per heavy atom. The molecule has 1 aromatic heterocycles. The van der Waals surface area contributed by atoms with Crippen molar-refractivity contribution in [3.8, 4) is 0 Å². The highest BCUT2D eigenvalue weighted by Gasteiger charge is 2.32. The van der Waals surface area contributed by atoms with E-state index >= 15 is 0 Å². The van der Waals surface area contributed by atoms with Crippen LogP contribution in [0, 0.1) is 13.8 Å². The molecule has 0 unspecified atom stereocenters. The van der Waals surface area contributed by atoms with E-state index in [2.05, 4.69) is 14.7 Å². The van der Waals surface area contributed by atoms with Crippen molar-refractivity contribution in [1.29, 1.82) is 0 Å². The van der Waals surface area contributed by atoms with Crippen LogP contribution in [0.5, 0.6) is 0 Å². The van der Waals surface area contributed by atoms with Gasteiger partial charge in [-0.1, -0.05) is 0 Å². The Labute approximate surface area is 113 Å². The predicted molar refractivity (Wildman–Crippen MR) is 73.2 cm³/mol. The number of hydrogen-bond acceptors (Lipinski definition) is 5. The van der Waals surface area contributed by atoms with Crippen LogP contribution in [-0.4, -0.2) is 55.9 Å². The lowest BCUT2D eigenvalue weighted by Gasteiger charge is -2.41. The average molecular weight is 285 g/mol. The Morgan fingerprint density at radius 2 is 2.00 bits per heavy atom. The van der Waals surface area contributed by atoms with E-state index < -0.39 is 10.2 Å². The van der Waals surface area contributed by atoms with Crippen LogP contribution in [0.15, 0.2) is 6.20 Å². The van der Waals surface area contributed by atoms with Gasteiger partial charge in [-0.3, -0.25) is 0 Å². The molecule has 1 aliphatic heterocycles. The second-order valence-corrected chi connectivity index (χ2v) is 6.85. The molecule has 0 saturated carbocycles. The summed E-state index contributed by atoms with van der Waals surface area (Å²) in [4.78, 5) is 10.6. The molecule has 0 bridgehead atoms. The van der Waals surface area contributed by atoms with Gasteiger partial charge in [-0.25, -0.2) is 9.97 Å². The van der Waals surface area contributed by atoms with Crippen LogP contribution in [0.4, 0.5) is 5.82 Å². The van der Waals surface area contributed by atoms with Gasteiger partial charge in [-0.05, 0) is 13.8 Å². The summed E-state index contributed by atoms with van der Waals surface area (Å²) >= 11 is 0. The van der Waals surface area contributed by atoms with Gasteiger partial charge in [-0.2, -0.15) is 17.4 Å². The molecule has 0 atom stereocenters. The molecule has 106 valence electrons. The molecule has 0 aromatic carbocycles. The van der Waals surface area contributed by atoms with Gasteiger partial charge in [0.05, 0.1) is 6.04 Å². The zero-order chi connectivity index (χ0) is 14.2. The van der Waals surface area contributed by atoms with Crippen LogP contribution in [0.2, 0.25) is 0 Å². The lowest BCUT2D eigenvalue weighted by atomic mass is 10.1. The van der Waals surface area contributed by atoms with Crippen molar-refractivity contribution in [2.24, 2.45) is 0 Å². The molecule has 1 aliphatic rings. The van der Waals surface area contributed by atoms with Crippen molar-refractivity contribution in [2.45, 2.75) is 19.9 Å². The maximum Gasteiger partial charge on any atom is 0.279 e. The van der Waals surface area contributed by atoms with Crippen LogP contribution in [0.1, 0.15) is 11.4 Å². The summed E-state index contributed by atoms with van der Waals surface area (Å²) in [6, 6.07) is -0.0675. The smallest absolute Gasteiger partial charge is 0.279 e. The molecule has 0 aliphatic carbocycles. The largest absolute Gasteiger partial charge is 0.353 e. The van der Waals surface area contributed by atoms with Gasteiger partial charge < -0.3 is 4.90 Å². The van der Waals surface area contributed by atoms with Gasteiger partial charge in [0.2, 0.25) is 0 Å². The summed E-state index contributed by atoms with van der Waals surface area (Å²) in [7, 11) is -0.337. The van der Waals surface area contributed by atoms with Gasteiger partial charge in [0.1, 0.15) is 11.6 Å². The number of nitrogens with one attached hydrogen (secondary N) is 1. The highest BCUT2D eigenvalue weighted by molar-refractivity contribution is 7.87. The third-order valence-corrected chi connectivity index (χ3v) is 4.64. The second-order valence-electron chi connectivity index (χ2n) is 4.93. The highest BCUT2D eigenvalue weighted by atomic mass is 32.2. The molecule has 1 saturated heterocycles. The SMILES string of the molecule is Cc1ncc(C)c(N2CC(NS(=O)(=O)N(C)C)C2)n1. The van der Waals surface area contributed by atoms with Crippen LogP contribution < -0.4 is 9.62 Å². The Bertz CT molecular complexity index is 566. The van der Waals surface area contributed by atoms with Crippen molar-refractivity contribution in [3.05, 3.63) is 17.6 Å². The quantitative estimate of drug-likeness (QED) is 0.820. The van der Waals surface area contributed by atoms with E-state index in [1.807, 2.05) is 18.7 Å². The van der Waals surface area contributed by atoms with Crippen molar-refractivity contribution < 1.29 is 8.42 Å². The molecule has 0 spiro atoms. The maximum atomic E-state index is 11.7. The van der Waals surface area contributed by atoms with Gasteiger partial charge >= 0.3 is 0 Å². The molecule has 8 heteroatoms. The summed E-state index contributed by atoms with van der Waals surface area (Å²) in [5, 5.41) is 0. The Morgan fingerprint density at radius 3 is 2.58 bits per heavy atom. The number of hydrogen-bond donors (Lipinski definition) is 1. The molecular formula is C11H19N5O2S. The summed E-state index contributed by atoms with van der Waals surface area (Å²) in [6.45, 7) is 5.05. The number of rotatable bonds is 4. The zero-order valence-electron chi connectivity index (χ0n) is 11.6. The normalized spacial score (nSPS) is 16.8. The molecule has 19 heavy (non-hydrogen) atoms. The summed E-state index contributed by atoms with van der Waals surface area (Å²) in [5.41, 5.74) is 1.000. The van der Waals surface area contributed by atoms with E-state index in [0.717, 1.165) is 17.2 Å². The van der Waals surface area contributed by atoms with Gasteiger partial charge in [0.25, 0.3) is 10.2 Å². The van der Waals surface area contributed by atoms with Crippen LogP contribution in [-0.2, 0) is 10.2 Å². The fourth-order valence-electron chi connectivity index (χ4n) is 1.88. The second kappa shape index (κ2) is 5.03. The van der Waals surface area contributed by atoms with Crippen molar-refractivity contribution >= 4 is 16.0 Å². The van der Waals surface area contributed by atoms with E-state index in [0.29, 0.717) is 13.1 Å². The van der Waals surface area contributed by atoms with E-state index in [-0.39, 0.29) is 6.04 Å². The first-order chi connectivity index (χ1) is 8.79. The van der Waals surface area contributed by atoms with Gasteiger partial charge in [-0.15, -0.1) is 0 Å². The fraction of sp³-hybridized carbons (Fsp3) is 0.636. The lowest BCUT2D eigenvalue weighted by Crippen LogP contribution is -2.61. The van der Waals surface area contributed by atoms with Gasteiger partial charge in [0.15, 0.2) is 0 Å². The predicted octanol–water partition coefficient (Wildman–Crippen LogP) is -0.322. The van der Waals surface area contributed by atoms with Crippen molar-refractivity contribution in [1.82, 2.24) is 19.0 Å². The fourth-order valence-corrected chi connectivity index (χ4v) is 2.66. The maximum absolute atomic E-state index is 11.7. The number of nitrogens with zero attached hydrogens (tertiary/aromatic N) is 4. The first-order valence-corrected chi connectivity index (χ1v) is 7.48. The molecule has 7 nitrogen and oxygen atoms in total. The Balaban J connectivity index is 1.99. The number of aryl methyl sites for hydroxylation is 2. The van der Waals surface area contributed by atoms with Crippen molar-refractivity contribution in [2.75, 3.05) is 32.1 Å². The third kappa shape index (κ3) is 3.02. The number of aromatic nitrogens is 2. The third-order valence-electron chi connectivity index (χ3n) is 3.04. The summed E-state index contributed by atoms with van der Waals surface area (Å²) < 4.78 is 27.2. The van der Waals surface area contributed by atoms with Crippen molar-refractivity contribution in [3.63, 3.8) is 0 Å². The van der Waals surface area contributed by atoms with E-state index in [1.54, 1.807) is 6.20 Å². The minimum absolute atomic E-state index is 0.0675. The van der Waals surface area contributed by atoms with Crippen LogP contribution in [0.25, 0.3) is 0 Å². The first kappa shape index (κ1) is 14.2. The Kier molecular flexibility index (Phi) is 3.75. The monoisotopic (exact) mass is 285 g/mol. The number of anilines is 1. The first-order valence-electron chi connectivity index (χ1n) is 6.04. The molecule has 0 amide bonds. The van der Waals surface area contributed by atoms with Crippen LogP contribution >= 0.6 is 0 Å². The van der Waals surface area contributed by atoms with E-state index in [9.17, 15) is 8.42 Å². The topological polar surface area (TPSA) is 78.4 Å². The molecule has 2 heterocycles. The molecular weight excluding hydrogens is 266 g/mol. The molecule has 1 aromatic rings. The highest BCUT2D eigenvalue weighted by Crippen LogP contribution is 2.22. The molecule has 1 N–H and O–H groups in total. The Hall–Kier alpha value is -1.25. The van der Waals surface area contributed by atoms with E-state index in [4.69, 9.17) is 0 Å². The summed E-state index contributed by atoms with van der Waals surface area (Å²) in [6.07, 6.45) is 1.79. The van der Waals surface area contributed by atoms with E-state index in [1.165, 1.54) is 18.4 Å². The minimum atomic E-state index is -3.36. The lowest BCUT2D eigenvalue weighted by molar-refractivity contribution is 0.439.